The fraction of sp³-hybridized carbons (Fsp3) is 0.353. The lowest BCUT2D eigenvalue weighted by molar-refractivity contribution is 0.0183. The third kappa shape index (κ3) is 2.60. The van der Waals surface area contributed by atoms with E-state index in [-0.39, 0.29) is 6.42 Å². The van der Waals surface area contributed by atoms with Crippen LogP contribution in [-0.2, 0) is 6.42 Å². The van der Waals surface area contributed by atoms with Gasteiger partial charge < -0.3 is 23.8 Å². The highest BCUT2D eigenvalue weighted by atomic mass is 16.5. The van der Waals surface area contributed by atoms with Crippen LogP contribution < -0.4 is 10.4 Å². The minimum atomic E-state index is -0.990. The van der Waals surface area contributed by atoms with E-state index in [2.05, 4.69) is 0 Å². The molecule has 0 bridgehead atoms. The second kappa shape index (κ2) is 6.06. The Hall–Kier alpha value is -2.31. The molecule has 0 saturated heterocycles. The standard InChI is InChI=1S/C17H18O6/c1-3-12(18)13(19)8-11-16-10(6-7-22-16)15(21-2)9-4-5-14(20)23-17(9)11/h4-7,12-13,18-19H,3,8H2,1-2H3. The number of aliphatic hydroxyl groups excluding tert-OH is 2. The number of benzene rings is 1. The van der Waals surface area contributed by atoms with Crippen molar-refractivity contribution in [3.8, 4) is 5.75 Å². The third-order valence-corrected chi connectivity index (χ3v) is 4.02. The van der Waals surface area contributed by atoms with Crippen molar-refractivity contribution in [1.82, 2.24) is 0 Å². The van der Waals surface area contributed by atoms with E-state index in [1.807, 2.05) is 0 Å². The summed E-state index contributed by atoms with van der Waals surface area (Å²) in [6.45, 7) is 1.78. The first-order valence-corrected chi connectivity index (χ1v) is 7.42. The lowest BCUT2D eigenvalue weighted by atomic mass is 9.98. The molecule has 23 heavy (non-hydrogen) atoms. The number of rotatable bonds is 5. The molecule has 2 unspecified atom stereocenters. The van der Waals surface area contributed by atoms with Gasteiger partial charge in [-0.2, -0.15) is 0 Å². The molecule has 0 saturated carbocycles. The number of ether oxygens (including phenoxy) is 1. The molecule has 0 aliphatic rings. The summed E-state index contributed by atoms with van der Waals surface area (Å²) in [5.41, 5.74) is 0.820. The summed E-state index contributed by atoms with van der Waals surface area (Å²) in [5.74, 6) is 0.543. The zero-order chi connectivity index (χ0) is 16.6. The molecular weight excluding hydrogens is 300 g/mol. The molecule has 0 aliphatic heterocycles. The SMILES string of the molecule is CCC(O)C(O)Cc1c2occc2c(OC)c2ccc(=O)oc12. The smallest absolute Gasteiger partial charge is 0.336 e. The fourth-order valence-corrected chi connectivity index (χ4v) is 2.81. The highest BCUT2D eigenvalue weighted by Gasteiger charge is 2.23. The van der Waals surface area contributed by atoms with Crippen molar-refractivity contribution >= 4 is 21.9 Å². The monoisotopic (exact) mass is 318 g/mol. The molecule has 0 spiro atoms. The molecule has 122 valence electrons. The van der Waals surface area contributed by atoms with E-state index in [1.54, 1.807) is 19.1 Å². The Kier molecular flexibility index (Phi) is 4.11. The normalized spacial score (nSPS) is 14.3. The Morgan fingerprint density at radius 1 is 1.13 bits per heavy atom. The van der Waals surface area contributed by atoms with Gasteiger partial charge in [-0.1, -0.05) is 6.92 Å². The van der Waals surface area contributed by atoms with Crippen molar-refractivity contribution in [2.24, 2.45) is 0 Å². The van der Waals surface area contributed by atoms with E-state index in [0.29, 0.717) is 34.3 Å². The quantitative estimate of drug-likeness (QED) is 0.701. The fourth-order valence-electron chi connectivity index (χ4n) is 2.81. The summed E-state index contributed by atoms with van der Waals surface area (Å²) < 4.78 is 16.3. The Morgan fingerprint density at radius 3 is 2.57 bits per heavy atom. The molecule has 0 fully saturated rings. The highest BCUT2D eigenvalue weighted by Crippen LogP contribution is 2.38. The first-order valence-electron chi connectivity index (χ1n) is 7.42. The average molecular weight is 318 g/mol. The number of furan rings is 1. The lowest BCUT2D eigenvalue weighted by Crippen LogP contribution is -2.27. The second-order valence-corrected chi connectivity index (χ2v) is 5.42. The molecule has 2 heterocycles. The molecule has 2 N–H and O–H groups in total. The van der Waals surface area contributed by atoms with E-state index in [9.17, 15) is 15.0 Å². The Bertz CT molecular complexity index is 891. The molecule has 0 amide bonds. The van der Waals surface area contributed by atoms with Gasteiger partial charge in [0.15, 0.2) is 0 Å². The Labute approximate surface area is 131 Å². The van der Waals surface area contributed by atoms with Gasteiger partial charge in [-0.25, -0.2) is 4.79 Å². The van der Waals surface area contributed by atoms with Crippen LogP contribution in [0.3, 0.4) is 0 Å². The van der Waals surface area contributed by atoms with E-state index < -0.39 is 17.8 Å². The van der Waals surface area contributed by atoms with E-state index >= 15 is 0 Å². The number of hydrogen-bond acceptors (Lipinski definition) is 6. The average Bonchev–Trinajstić information content (AvgIpc) is 3.03. The van der Waals surface area contributed by atoms with Crippen molar-refractivity contribution in [1.29, 1.82) is 0 Å². The van der Waals surface area contributed by atoms with Crippen molar-refractivity contribution in [2.45, 2.75) is 32.0 Å². The van der Waals surface area contributed by atoms with Gasteiger partial charge in [0.2, 0.25) is 0 Å². The van der Waals surface area contributed by atoms with E-state index in [4.69, 9.17) is 13.6 Å². The second-order valence-electron chi connectivity index (χ2n) is 5.42. The van der Waals surface area contributed by atoms with Crippen LogP contribution in [0, 0.1) is 0 Å². The van der Waals surface area contributed by atoms with Crippen LogP contribution in [0.1, 0.15) is 18.9 Å². The molecule has 3 rings (SSSR count). The zero-order valence-electron chi connectivity index (χ0n) is 12.9. The van der Waals surface area contributed by atoms with Crippen LogP contribution in [0.15, 0.2) is 38.1 Å². The molecule has 2 aromatic heterocycles. The topological polar surface area (TPSA) is 93.0 Å². The summed E-state index contributed by atoms with van der Waals surface area (Å²) in [6.07, 6.45) is 0.173. The van der Waals surface area contributed by atoms with Gasteiger partial charge in [-0.15, -0.1) is 0 Å². The first-order chi connectivity index (χ1) is 11.1. The predicted molar refractivity (Wildman–Crippen MR) is 84.8 cm³/mol. The van der Waals surface area contributed by atoms with Gasteiger partial charge in [0.1, 0.15) is 16.9 Å². The van der Waals surface area contributed by atoms with Gasteiger partial charge in [0.05, 0.1) is 36.4 Å². The van der Waals surface area contributed by atoms with Gasteiger partial charge in [0.25, 0.3) is 0 Å². The molecule has 0 aliphatic carbocycles. The van der Waals surface area contributed by atoms with Crippen LogP contribution in [-0.4, -0.2) is 29.5 Å². The molecule has 6 nitrogen and oxygen atoms in total. The minimum Gasteiger partial charge on any atom is -0.495 e. The van der Waals surface area contributed by atoms with Gasteiger partial charge in [0, 0.05) is 18.1 Å². The van der Waals surface area contributed by atoms with Gasteiger partial charge in [-0.3, -0.25) is 0 Å². The number of aliphatic hydroxyl groups is 2. The van der Waals surface area contributed by atoms with Gasteiger partial charge in [-0.05, 0) is 18.6 Å². The maximum absolute atomic E-state index is 11.6. The van der Waals surface area contributed by atoms with E-state index in [1.165, 1.54) is 19.4 Å². The molecule has 6 heteroatoms. The third-order valence-electron chi connectivity index (χ3n) is 4.02. The van der Waals surface area contributed by atoms with Crippen LogP contribution in [0.5, 0.6) is 5.75 Å². The summed E-state index contributed by atoms with van der Waals surface area (Å²) in [4.78, 5) is 11.6. The summed E-state index contributed by atoms with van der Waals surface area (Å²) >= 11 is 0. The number of fused-ring (bicyclic) bond motifs is 2. The molecular formula is C17H18O6. The molecule has 2 atom stereocenters. The van der Waals surface area contributed by atoms with Crippen molar-refractivity contribution in [3.05, 3.63) is 40.4 Å². The van der Waals surface area contributed by atoms with Crippen LogP contribution in [0.25, 0.3) is 21.9 Å². The van der Waals surface area contributed by atoms with E-state index in [0.717, 1.165) is 5.39 Å². The van der Waals surface area contributed by atoms with Crippen molar-refractivity contribution in [2.75, 3.05) is 7.11 Å². The largest absolute Gasteiger partial charge is 0.495 e. The molecule has 3 aromatic rings. The maximum atomic E-state index is 11.6. The van der Waals surface area contributed by atoms with Crippen LogP contribution in [0.4, 0.5) is 0 Å². The van der Waals surface area contributed by atoms with Crippen molar-refractivity contribution < 1.29 is 23.8 Å². The van der Waals surface area contributed by atoms with Crippen LogP contribution in [0.2, 0.25) is 0 Å². The summed E-state index contributed by atoms with van der Waals surface area (Å²) in [7, 11) is 1.53. The maximum Gasteiger partial charge on any atom is 0.336 e. The van der Waals surface area contributed by atoms with Crippen LogP contribution >= 0.6 is 0 Å². The Morgan fingerprint density at radius 2 is 1.87 bits per heavy atom. The first kappa shape index (κ1) is 15.6. The molecule has 0 radical (unpaired) electrons. The minimum absolute atomic E-state index is 0.104. The predicted octanol–water partition coefficient (Wildman–Crippen LogP) is 2.22. The summed E-state index contributed by atoms with van der Waals surface area (Å²) in [6, 6.07) is 4.70. The molecule has 1 aromatic carbocycles. The lowest BCUT2D eigenvalue weighted by Gasteiger charge is -2.17. The zero-order valence-corrected chi connectivity index (χ0v) is 12.9. The number of methoxy groups -OCH3 is 1. The van der Waals surface area contributed by atoms with Crippen molar-refractivity contribution in [3.63, 3.8) is 0 Å². The Balaban J connectivity index is 2.30. The highest BCUT2D eigenvalue weighted by molar-refractivity contribution is 6.04. The van der Waals surface area contributed by atoms with Gasteiger partial charge >= 0.3 is 5.63 Å². The number of hydrogen-bond donors (Lipinski definition) is 2. The summed E-state index contributed by atoms with van der Waals surface area (Å²) in [5, 5.41) is 21.4.